The van der Waals surface area contributed by atoms with Crippen molar-refractivity contribution >= 4 is 27.8 Å². The number of fused-ring (bicyclic) bond motifs is 2. The highest BCUT2D eigenvalue weighted by Gasteiger charge is 2.36. The van der Waals surface area contributed by atoms with E-state index in [1.54, 1.807) is 43.0 Å². The van der Waals surface area contributed by atoms with Crippen LogP contribution in [0.15, 0.2) is 35.3 Å². The number of aryl methyl sites for hydroxylation is 2. The molecule has 1 unspecified atom stereocenters. The molecule has 1 aliphatic rings. The zero-order valence-electron chi connectivity index (χ0n) is 17.5. The van der Waals surface area contributed by atoms with Crippen LogP contribution in [-0.2, 0) is 13.6 Å². The molecule has 4 heterocycles. The van der Waals surface area contributed by atoms with Gasteiger partial charge in [-0.1, -0.05) is 12.1 Å². The number of rotatable bonds is 3. The van der Waals surface area contributed by atoms with E-state index in [1.807, 2.05) is 4.90 Å². The molecule has 11 heteroatoms. The SMILES string of the molecule is Cc1nc(N2CCCC2c2nc3ccccc3c(=O)n2CC(F)(F)F)c2cnn(C)c2n1. The van der Waals surface area contributed by atoms with Crippen LogP contribution in [0.2, 0.25) is 0 Å². The van der Waals surface area contributed by atoms with E-state index in [4.69, 9.17) is 0 Å². The van der Waals surface area contributed by atoms with E-state index in [1.165, 1.54) is 6.07 Å². The predicted molar refractivity (Wildman–Crippen MR) is 112 cm³/mol. The summed E-state index contributed by atoms with van der Waals surface area (Å²) in [5.74, 6) is 1.21. The zero-order chi connectivity index (χ0) is 22.6. The first kappa shape index (κ1) is 20.4. The quantitative estimate of drug-likeness (QED) is 0.483. The number of halogens is 3. The number of anilines is 1. The number of aromatic nitrogens is 6. The molecule has 3 aromatic heterocycles. The van der Waals surface area contributed by atoms with Gasteiger partial charge in [0.1, 0.15) is 24.0 Å². The van der Waals surface area contributed by atoms with Crippen molar-refractivity contribution in [3.05, 3.63) is 52.5 Å². The van der Waals surface area contributed by atoms with Gasteiger partial charge in [0.05, 0.1) is 28.5 Å². The van der Waals surface area contributed by atoms with Crippen LogP contribution in [0, 0.1) is 6.92 Å². The Labute approximate surface area is 180 Å². The standard InChI is InChI=1S/C21H20F3N7O/c1-12-26-17-14(10-25-29(17)2)18(27-12)30-9-5-8-16(30)19-28-15-7-4-3-6-13(15)20(32)31(19)11-21(22,23)24/h3-4,6-7,10,16H,5,8-9,11H2,1-2H3. The van der Waals surface area contributed by atoms with Crippen LogP contribution in [0.4, 0.5) is 19.0 Å². The molecule has 32 heavy (non-hydrogen) atoms. The smallest absolute Gasteiger partial charge is 0.346 e. The molecule has 0 aliphatic carbocycles. The summed E-state index contributed by atoms with van der Waals surface area (Å²) in [7, 11) is 1.77. The van der Waals surface area contributed by atoms with Crippen molar-refractivity contribution in [1.82, 2.24) is 29.3 Å². The molecule has 0 bridgehead atoms. The van der Waals surface area contributed by atoms with Gasteiger partial charge in [-0.15, -0.1) is 0 Å². The normalized spacial score (nSPS) is 17.0. The summed E-state index contributed by atoms with van der Waals surface area (Å²) in [4.78, 5) is 28.5. The van der Waals surface area contributed by atoms with Crippen molar-refractivity contribution in [2.24, 2.45) is 7.05 Å². The Bertz CT molecular complexity index is 1390. The van der Waals surface area contributed by atoms with Gasteiger partial charge >= 0.3 is 6.18 Å². The Kier molecular flexibility index (Phi) is 4.64. The Hall–Kier alpha value is -3.50. The van der Waals surface area contributed by atoms with Crippen LogP contribution in [0.5, 0.6) is 0 Å². The minimum Gasteiger partial charge on any atom is -0.346 e. The fourth-order valence-electron chi connectivity index (χ4n) is 4.39. The predicted octanol–water partition coefficient (Wildman–Crippen LogP) is 3.29. The first-order valence-corrected chi connectivity index (χ1v) is 10.2. The second kappa shape index (κ2) is 7.28. The van der Waals surface area contributed by atoms with Gasteiger partial charge in [0, 0.05) is 13.6 Å². The summed E-state index contributed by atoms with van der Waals surface area (Å²) in [5.41, 5.74) is 0.320. The van der Waals surface area contributed by atoms with Crippen LogP contribution in [0.25, 0.3) is 21.9 Å². The lowest BCUT2D eigenvalue weighted by Crippen LogP contribution is -2.36. The van der Waals surface area contributed by atoms with Crippen molar-refractivity contribution in [3.8, 4) is 0 Å². The topological polar surface area (TPSA) is 81.7 Å². The number of para-hydroxylation sites is 1. The van der Waals surface area contributed by atoms with E-state index in [0.29, 0.717) is 41.2 Å². The van der Waals surface area contributed by atoms with Crippen LogP contribution in [0.1, 0.15) is 30.5 Å². The molecular formula is C21H20F3N7O. The number of benzene rings is 1. The molecule has 0 saturated carbocycles. The van der Waals surface area contributed by atoms with Crippen molar-refractivity contribution in [1.29, 1.82) is 0 Å². The number of nitrogens with zero attached hydrogens (tertiary/aromatic N) is 7. The number of hydrogen-bond acceptors (Lipinski definition) is 6. The Morgan fingerprint density at radius 2 is 1.91 bits per heavy atom. The third-order valence-corrected chi connectivity index (χ3v) is 5.74. The molecule has 1 aliphatic heterocycles. The van der Waals surface area contributed by atoms with E-state index in [2.05, 4.69) is 20.1 Å². The Balaban J connectivity index is 1.71. The van der Waals surface area contributed by atoms with Crippen molar-refractivity contribution in [3.63, 3.8) is 0 Å². The van der Waals surface area contributed by atoms with Gasteiger partial charge in [-0.2, -0.15) is 18.3 Å². The fourth-order valence-corrected chi connectivity index (χ4v) is 4.39. The monoisotopic (exact) mass is 443 g/mol. The van der Waals surface area contributed by atoms with E-state index in [-0.39, 0.29) is 11.2 Å². The van der Waals surface area contributed by atoms with Gasteiger partial charge in [0.25, 0.3) is 5.56 Å². The van der Waals surface area contributed by atoms with Crippen LogP contribution >= 0.6 is 0 Å². The molecule has 5 rings (SSSR count). The first-order valence-electron chi connectivity index (χ1n) is 10.2. The van der Waals surface area contributed by atoms with Gasteiger partial charge in [0.2, 0.25) is 0 Å². The van der Waals surface area contributed by atoms with Crippen LogP contribution in [0.3, 0.4) is 0 Å². The van der Waals surface area contributed by atoms with E-state index in [9.17, 15) is 18.0 Å². The molecule has 1 atom stereocenters. The summed E-state index contributed by atoms with van der Waals surface area (Å²) in [6.07, 6.45) is -1.64. The maximum Gasteiger partial charge on any atom is 0.406 e. The lowest BCUT2D eigenvalue weighted by atomic mass is 10.1. The second-order valence-electron chi connectivity index (χ2n) is 7.94. The number of hydrogen-bond donors (Lipinski definition) is 0. The van der Waals surface area contributed by atoms with Crippen LogP contribution < -0.4 is 10.5 Å². The Morgan fingerprint density at radius 1 is 1.12 bits per heavy atom. The maximum atomic E-state index is 13.4. The summed E-state index contributed by atoms with van der Waals surface area (Å²) in [5, 5.41) is 5.12. The summed E-state index contributed by atoms with van der Waals surface area (Å²) in [6, 6.07) is 5.94. The summed E-state index contributed by atoms with van der Waals surface area (Å²) < 4.78 is 42.7. The lowest BCUT2D eigenvalue weighted by Gasteiger charge is -2.28. The summed E-state index contributed by atoms with van der Waals surface area (Å²) in [6.45, 7) is 0.934. The highest BCUT2D eigenvalue weighted by molar-refractivity contribution is 5.87. The van der Waals surface area contributed by atoms with Gasteiger partial charge in [0.15, 0.2) is 5.65 Å². The minimum atomic E-state index is -4.56. The van der Waals surface area contributed by atoms with E-state index in [0.717, 1.165) is 11.0 Å². The molecular weight excluding hydrogens is 423 g/mol. The average Bonchev–Trinajstić information content (AvgIpc) is 3.36. The fraction of sp³-hybridized carbons (Fsp3) is 0.381. The molecule has 0 N–H and O–H groups in total. The molecule has 4 aromatic rings. The minimum absolute atomic E-state index is 0.0943. The average molecular weight is 443 g/mol. The lowest BCUT2D eigenvalue weighted by molar-refractivity contribution is -0.141. The van der Waals surface area contributed by atoms with E-state index < -0.39 is 24.3 Å². The van der Waals surface area contributed by atoms with Gasteiger partial charge in [-0.25, -0.2) is 15.0 Å². The maximum absolute atomic E-state index is 13.4. The molecule has 0 amide bonds. The van der Waals surface area contributed by atoms with Crippen molar-refractivity contribution in [2.75, 3.05) is 11.4 Å². The molecule has 1 fully saturated rings. The highest BCUT2D eigenvalue weighted by atomic mass is 19.4. The molecule has 166 valence electrons. The van der Waals surface area contributed by atoms with Gasteiger partial charge in [-0.05, 0) is 31.9 Å². The molecule has 8 nitrogen and oxygen atoms in total. The largest absolute Gasteiger partial charge is 0.406 e. The van der Waals surface area contributed by atoms with Gasteiger partial charge < -0.3 is 4.90 Å². The zero-order valence-corrected chi connectivity index (χ0v) is 17.5. The third kappa shape index (κ3) is 3.37. The second-order valence-corrected chi connectivity index (χ2v) is 7.94. The molecule has 0 radical (unpaired) electrons. The first-order chi connectivity index (χ1) is 15.2. The Morgan fingerprint density at radius 3 is 2.69 bits per heavy atom. The van der Waals surface area contributed by atoms with Crippen molar-refractivity contribution < 1.29 is 13.2 Å². The molecule has 1 saturated heterocycles. The number of alkyl halides is 3. The summed E-state index contributed by atoms with van der Waals surface area (Å²) >= 11 is 0. The highest BCUT2D eigenvalue weighted by Crippen LogP contribution is 2.38. The van der Waals surface area contributed by atoms with Gasteiger partial charge in [-0.3, -0.25) is 14.0 Å². The van der Waals surface area contributed by atoms with Crippen molar-refractivity contribution in [2.45, 2.75) is 38.5 Å². The molecule has 0 spiro atoms. The van der Waals surface area contributed by atoms with Crippen LogP contribution in [-0.4, -0.2) is 42.0 Å². The molecule has 1 aromatic carbocycles. The van der Waals surface area contributed by atoms with E-state index >= 15 is 0 Å². The third-order valence-electron chi connectivity index (χ3n) is 5.74.